The molecule has 0 amide bonds. The molecule has 0 fully saturated rings. The molecule has 0 aromatic carbocycles. The molecule has 0 unspecified atom stereocenters. The molecule has 0 spiro atoms. The lowest BCUT2D eigenvalue weighted by atomic mass is 10.3. The number of imidazole rings is 1. The Labute approximate surface area is 70.7 Å². The van der Waals surface area contributed by atoms with Crippen LogP contribution in [0.4, 0.5) is 0 Å². The summed E-state index contributed by atoms with van der Waals surface area (Å²) in [5.41, 5.74) is 0. The highest BCUT2D eigenvalue weighted by atomic mass is 35.5. The third kappa shape index (κ3) is 2.31. The van der Waals surface area contributed by atoms with Gasteiger partial charge in [-0.1, -0.05) is 6.92 Å². The van der Waals surface area contributed by atoms with Crippen molar-refractivity contribution in [2.45, 2.75) is 19.8 Å². The molecule has 0 aliphatic carbocycles. The normalized spacial score (nSPS) is 9.18. The number of aromatic nitrogens is 2. The first-order chi connectivity index (χ1) is 4.74. The molecule has 1 heterocycles. The zero-order valence-corrected chi connectivity index (χ0v) is 6.98. The number of nitrogens with one attached hydrogen (secondary N) is 1. The molecule has 0 saturated heterocycles. The van der Waals surface area contributed by atoms with Gasteiger partial charge >= 0.3 is 0 Å². The molecule has 1 aromatic rings. The molecule has 0 saturated carbocycles. The van der Waals surface area contributed by atoms with E-state index in [9.17, 15) is 0 Å². The van der Waals surface area contributed by atoms with Crippen LogP contribution in [0.15, 0.2) is 0 Å². The smallest absolute Gasteiger partial charge is 0.275 e. The minimum Gasteiger partial charge on any atom is -0.491 e. The predicted molar refractivity (Wildman–Crippen MR) is 43.2 cm³/mol. The van der Waals surface area contributed by atoms with Gasteiger partial charge in [-0.15, -0.1) is 12.4 Å². The lowest BCUT2D eigenvalue weighted by Gasteiger charge is -1.86. The average Bonchev–Trinajstić information content (AvgIpc) is 2.14. The molecule has 0 bridgehead atoms. The van der Waals surface area contributed by atoms with Crippen LogP contribution in [0.25, 0.3) is 0 Å². The van der Waals surface area contributed by atoms with Crippen molar-refractivity contribution < 1.29 is 10.2 Å². The van der Waals surface area contributed by atoms with E-state index < -0.39 is 0 Å². The molecular formula is C6H11ClN2O2. The van der Waals surface area contributed by atoms with Crippen molar-refractivity contribution >= 4 is 12.4 Å². The summed E-state index contributed by atoms with van der Waals surface area (Å²) in [5.74, 6) is 0.0596. The van der Waals surface area contributed by atoms with Crippen LogP contribution in [0.2, 0.25) is 0 Å². The fraction of sp³-hybridized carbons (Fsp3) is 0.500. The van der Waals surface area contributed by atoms with Gasteiger partial charge in [0, 0.05) is 6.42 Å². The number of hydrogen-bond donors (Lipinski definition) is 3. The van der Waals surface area contributed by atoms with Crippen LogP contribution < -0.4 is 0 Å². The monoisotopic (exact) mass is 178 g/mol. The molecule has 0 radical (unpaired) electrons. The average molecular weight is 179 g/mol. The van der Waals surface area contributed by atoms with Crippen molar-refractivity contribution in [3.63, 3.8) is 0 Å². The van der Waals surface area contributed by atoms with Crippen LogP contribution in [0, 0.1) is 0 Å². The minimum absolute atomic E-state index is 0. The number of halogens is 1. The molecule has 1 aromatic heterocycles. The lowest BCUT2D eigenvalue weighted by molar-refractivity contribution is 0.386. The fourth-order valence-corrected chi connectivity index (χ4v) is 0.757. The Morgan fingerprint density at radius 1 is 1.45 bits per heavy atom. The van der Waals surface area contributed by atoms with E-state index in [2.05, 4.69) is 9.97 Å². The number of hydrogen-bond acceptors (Lipinski definition) is 3. The van der Waals surface area contributed by atoms with Gasteiger partial charge in [0.25, 0.3) is 11.8 Å². The van der Waals surface area contributed by atoms with Crippen LogP contribution in [0.1, 0.15) is 19.2 Å². The van der Waals surface area contributed by atoms with Gasteiger partial charge < -0.3 is 15.2 Å². The fourth-order valence-electron chi connectivity index (χ4n) is 0.757. The number of rotatable bonds is 2. The van der Waals surface area contributed by atoms with Crippen molar-refractivity contribution in [1.29, 1.82) is 0 Å². The molecule has 0 aliphatic heterocycles. The van der Waals surface area contributed by atoms with Crippen molar-refractivity contribution in [3.05, 3.63) is 5.82 Å². The zero-order valence-electron chi connectivity index (χ0n) is 6.16. The third-order valence-corrected chi connectivity index (χ3v) is 1.20. The molecule has 5 heteroatoms. The van der Waals surface area contributed by atoms with Crippen molar-refractivity contribution in [3.8, 4) is 11.8 Å². The molecule has 4 nitrogen and oxygen atoms in total. The van der Waals surface area contributed by atoms with Crippen molar-refractivity contribution in [1.82, 2.24) is 9.97 Å². The van der Waals surface area contributed by atoms with E-state index in [1.165, 1.54) is 0 Å². The number of aromatic hydroxyl groups is 2. The summed E-state index contributed by atoms with van der Waals surface area (Å²) in [7, 11) is 0. The summed E-state index contributed by atoms with van der Waals surface area (Å²) in [6.07, 6.45) is 1.68. The lowest BCUT2D eigenvalue weighted by Crippen LogP contribution is -1.83. The SMILES string of the molecule is CCCc1nc(O)c(O)[nH]1.Cl. The first-order valence-electron chi connectivity index (χ1n) is 3.21. The first kappa shape index (κ1) is 10.1. The van der Waals surface area contributed by atoms with Gasteiger partial charge in [0.1, 0.15) is 5.82 Å². The van der Waals surface area contributed by atoms with Gasteiger partial charge in [-0.25, -0.2) is 0 Å². The molecule has 1 rings (SSSR count). The van der Waals surface area contributed by atoms with E-state index in [1.54, 1.807) is 0 Å². The summed E-state index contributed by atoms with van der Waals surface area (Å²) in [6.45, 7) is 2.00. The number of nitrogens with zero attached hydrogens (tertiary/aromatic N) is 1. The van der Waals surface area contributed by atoms with Gasteiger partial charge in [-0.05, 0) is 6.42 Å². The quantitative estimate of drug-likeness (QED) is 0.637. The topological polar surface area (TPSA) is 69.1 Å². The van der Waals surface area contributed by atoms with E-state index in [1.807, 2.05) is 6.92 Å². The van der Waals surface area contributed by atoms with Gasteiger partial charge in [-0.3, -0.25) is 0 Å². The van der Waals surface area contributed by atoms with Crippen LogP contribution in [0.5, 0.6) is 11.8 Å². The van der Waals surface area contributed by atoms with E-state index in [0.29, 0.717) is 5.82 Å². The first-order valence-corrected chi connectivity index (χ1v) is 3.21. The summed E-state index contributed by atoms with van der Waals surface area (Å²) in [6, 6.07) is 0. The Balaban J connectivity index is 0.000001000. The van der Waals surface area contributed by atoms with Crippen LogP contribution >= 0.6 is 12.4 Å². The second-order valence-electron chi connectivity index (χ2n) is 2.11. The summed E-state index contributed by atoms with van der Waals surface area (Å²) < 4.78 is 0. The van der Waals surface area contributed by atoms with Gasteiger partial charge in [-0.2, -0.15) is 4.98 Å². The molecule has 3 N–H and O–H groups in total. The highest BCUT2D eigenvalue weighted by Gasteiger charge is 2.04. The molecule has 0 atom stereocenters. The highest BCUT2D eigenvalue weighted by molar-refractivity contribution is 5.85. The van der Waals surface area contributed by atoms with Crippen molar-refractivity contribution in [2.24, 2.45) is 0 Å². The Hall–Kier alpha value is -0.900. The van der Waals surface area contributed by atoms with E-state index in [4.69, 9.17) is 10.2 Å². The number of H-pyrrole nitrogens is 1. The van der Waals surface area contributed by atoms with Gasteiger partial charge in [0.2, 0.25) is 0 Å². The Morgan fingerprint density at radius 2 is 2.09 bits per heavy atom. The Bertz CT molecular complexity index is 205. The second-order valence-corrected chi connectivity index (χ2v) is 2.11. The van der Waals surface area contributed by atoms with Gasteiger partial charge in [0.15, 0.2) is 0 Å². The maximum atomic E-state index is 8.80. The minimum atomic E-state index is -0.316. The standard InChI is InChI=1S/C6H10N2O2.ClH/c1-2-3-4-7-5(9)6(10)8-4;/h9-10H,2-3H2,1H3,(H,7,8);1H. The predicted octanol–water partition coefficient (Wildman–Crippen LogP) is 1.20. The molecule has 64 valence electrons. The largest absolute Gasteiger partial charge is 0.491 e. The third-order valence-electron chi connectivity index (χ3n) is 1.20. The number of aryl methyl sites for hydroxylation is 1. The van der Waals surface area contributed by atoms with Crippen LogP contribution in [-0.4, -0.2) is 20.2 Å². The van der Waals surface area contributed by atoms with Crippen LogP contribution in [0.3, 0.4) is 0 Å². The molecular weight excluding hydrogens is 168 g/mol. The second kappa shape index (κ2) is 4.08. The maximum absolute atomic E-state index is 8.80. The van der Waals surface area contributed by atoms with E-state index >= 15 is 0 Å². The van der Waals surface area contributed by atoms with E-state index in [0.717, 1.165) is 12.8 Å². The highest BCUT2D eigenvalue weighted by Crippen LogP contribution is 2.19. The van der Waals surface area contributed by atoms with Crippen molar-refractivity contribution in [2.75, 3.05) is 0 Å². The van der Waals surface area contributed by atoms with E-state index in [-0.39, 0.29) is 24.2 Å². The number of aromatic amines is 1. The Morgan fingerprint density at radius 3 is 2.45 bits per heavy atom. The molecule has 0 aliphatic rings. The Kier molecular flexibility index (Phi) is 3.74. The summed E-state index contributed by atoms with van der Waals surface area (Å²) in [4.78, 5) is 6.19. The summed E-state index contributed by atoms with van der Waals surface area (Å²) >= 11 is 0. The zero-order chi connectivity index (χ0) is 7.56. The molecule has 11 heavy (non-hydrogen) atoms. The summed E-state index contributed by atoms with van der Waals surface area (Å²) in [5, 5.41) is 17.6. The van der Waals surface area contributed by atoms with Crippen LogP contribution in [-0.2, 0) is 6.42 Å². The maximum Gasteiger partial charge on any atom is 0.275 e. The van der Waals surface area contributed by atoms with Gasteiger partial charge in [0.05, 0.1) is 0 Å².